The van der Waals surface area contributed by atoms with Gasteiger partial charge in [-0.1, -0.05) is 65.4 Å². The Bertz CT molecular complexity index is 1730. The van der Waals surface area contributed by atoms with Gasteiger partial charge in [-0.25, -0.2) is 0 Å². The summed E-state index contributed by atoms with van der Waals surface area (Å²) in [4.78, 5) is 0. The van der Waals surface area contributed by atoms with Crippen LogP contribution in [0.1, 0.15) is 36.0 Å². The lowest BCUT2D eigenvalue weighted by Gasteiger charge is -2.34. The standard InChI is InChI=1S/C25H27NO2.C10H4.C5H4/c1-25(21-10-14-23(28-3)15-11-21)17-20(18-8-12-22(27-2)13-9-18)16-19-6-4-5-7-24(19)26-25;1-3-5-7-9-10-8-6-4-2;1-3-5-4-2/h4-15,20,26H,16-17H2,1-3H3;1-2H2;1-2H2. The summed E-state index contributed by atoms with van der Waals surface area (Å²) in [5.41, 5.74) is 31.6. The fourth-order valence-electron chi connectivity index (χ4n) is 4.54. The number of fused-ring (bicyclic) bond motifs is 1. The maximum Gasteiger partial charge on any atom is 0.118 e. The Morgan fingerprint density at radius 1 is 0.651 bits per heavy atom. The van der Waals surface area contributed by atoms with Crippen LogP contribution in [-0.4, -0.2) is 14.2 Å². The summed E-state index contributed by atoms with van der Waals surface area (Å²) >= 11 is 0. The normalized spacial score (nSPS) is 15.0. The molecule has 0 aromatic heterocycles. The molecule has 0 saturated carbocycles. The van der Waals surface area contributed by atoms with E-state index in [1.807, 2.05) is 12.1 Å². The molecule has 0 aliphatic carbocycles. The van der Waals surface area contributed by atoms with Gasteiger partial charge in [0.1, 0.15) is 11.5 Å². The summed E-state index contributed by atoms with van der Waals surface area (Å²) in [7, 11) is 3.41. The van der Waals surface area contributed by atoms with Crippen molar-refractivity contribution in [2.24, 2.45) is 0 Å². The average molecular weight is 562 g/mol. The molecular weight excluding hydrogens is 526 g/mol. The monoisotopic (exact) mass is 561 g/mol. The molecule has 0 amide bonds. The number of nitrogens with one attached hydrogen (secondary N) is 1. The highest BCUT2D eigenvalue weighted by atomic mass is 16.5. The van der Waals surface area contributed by atoms with Gasteiger partial charge >= 0.3 is 0 Å². The second kappa shape index (κ2) is 18.5. The number of para-hydroxylation sites is 1. The Morgan fingerprint density at radius 2 is 1.14 bits per heavy atom. The summed E-state index contributed by atoms with van der Waals surface area (Å²) in [5.74, 6) is 2.19. The number of hydrogen-bond acceptors (Lipinski definition) is 3. The lowest BCUT2D eigenvalue weighted by atomic mass is 9.79. The second-order valence-electron chi connectivity index (χ2n) is 9.30. The fourth-order valence-corrected chi connectivity index (χ4v) is 4.54. The van der Waals surface area contributed by atoms with E-state index in [0.717, 1.165) is 24.3 Å². The Hall–Kier alpha value is -5.88. The first-order valence-electron chi connectivity index (χ1n) is 13.4. The molecule has 3 heteroatoms. The first-order valence-corrected chi connectivity index (χ1v) is 13.4. The van der Waals surface area contributed by atoms with Crippen molar-refractivity contribution in [1.82, 2.24) is 0 Å². The van der Waals surface area contributed by atoms with Gasteiger partial charge in [-0.3, -0.25) is 0 Å². The molecule has 1 aliphatic heterocycles. The maximum absolute atomic E-state index is 5.35. The van der Waals surface area contributed by atoms with E-state index in [0.29, 0.717) is 5.92 Å². The predicted molar refractivity (Wildman–Crippen MR) is 176 cm³/mol. The van der Waals surface area contributed by atoms with E-state index in [1.165, 1.54) is 22.4 Å². The van der Waals surface area contributed by atoms with Crippen molar-refractivity contribution >= 4 is 5.69 Å². The van der Waals surface area contributed by atoms with Gasteiger partial charge in [0, 0.05) is 5.69 Å². The molecule has 1 aliphatic rings. The summed E-state index contributed by atoms with van der Waals surface area (Å²) in [6, 6.07) is 25.6. The van der Waals surface area contributed by atoms with E-state index in [1.54, 1.807) is 14.2 Å². The molecule has 3 nitrogen and oxygen atoms in total. The van der Waals surface area contributed by atoms with Gasteiger partial charge < -0.3 is 14.8 Å². The minimum absolute atomic E-state index is 0.177. The zero-order chi connectivity index (χ0) is 31.3. The SMILES string of the molecule is C=C=C=C=C.C=C=C=C=C=C=C=C=C=C.COc1ccc(C2Cc3ccccc3NC(C)(c3ccc(OC)cc3)C2)cc1. The third kappa shape index (κ3) is 10.9. The third-order valence-electron chi connectivity index (χ3n) is 6.53. The van der Waals surface area contributed by atoms with Crippen molar-refractivity contribution in [2.45, 2.75) is 31.2 Å². The topological polar surface area (TPSA) is 30.5 Å². The molecule has 0 fully saturated rings. The van der Waals surface area contributed by atoms with Crippen molar-refractivity contribution in [3.05, 3.63) is 179 Å². The predicted octanol–water partition coefficient (Wildman–Crippen LogP) is 9.07. The van der Waals surface area contributed by atoms with Crippen LogP contribution in [0.5, 0.6) is 11.5 Å². The van der Waals surface area contributed by atoms with Crippen LogP contribution in [0.15, 0.2) is 162 Å². The minimum Gasteiger partial charge on any atom is -0.497 e. The minimum atomic E-state index is -0.177. The Kier molecular flexibility index (Phi) is 14.3. The Balaban J connectivity index is 0.000000359. The van der Waals surface area contributed by atoms with Crippen LogP contribution >= 0.6 is 0 Å². The molecule has 1 heterocycles. The zero-order valence-corrected chi connectivity index (χ0v) is 25.1. The molecule has 0 saturated heterocycles. The van der Waals surface area contributed by atoms with Crippen LogP contribution in [0.3, 0.4) is 0 Å². The number of hydrogen-bond donors (Lipinski definition) is 1. The Labute approximate surface area is 255 Å². The molecule has 4 rings (SSSR count). The van der Waals surface area contributed by atoms with E-state index >= 15 is 0 Å². The van der Waals surface area contributed by atoms with Gasteiger partial charge in [-0.2, -0.15) is 0 Å². The van der Waals surface area contributed by atoms with Crippen LogP contribution in [-0.2, 0) is 12.0 Å². The quantitative estimate of drug-likeness (QED) is 0.322. The first-order chi connectivity index (χ1) is 20.9. The molecule has 0 radical (unpaired) electrons. The van der Waals surface area contributed by atoms with Crippen LogP contribution in [0.25, 0.3) is 0 Å². The third-order valence-corrected chi connectivity index (χ3v) is 6.53. The number of benzene rings is 3. The number of anilines is 1. The summed E-state index contributed by atoms with van der Waals surface area (Å²) in [6.07, 6.45) is 2.02. The summed E-state index contributed by atoms with van der Waals surface area (Å²) in [5, 5.41) is 3.85. The van der Waals surface area contributed by atoms with Crippen molar-refractivity contribution < 1.29 is 9.47 Å². The van der Waals surface area contributed by atoms with E-state index in [4.69, 9.17) is 9.47 Å². The van der Waals surface area contributed by atoms with E-state index in [9.17, 15) is 0 Å². The van der Waals surface area contributed by atoms with Crippen LogP contribution in [0, 0.1) is 0 Å². The largest absolute Gasteiger partial charge is 0.497 e. The van der Waals surface area contributed by atoms with Crippen LogP contribution in [0.4, 0.5) is 5.69 Å². The van der Waals surface area contributed by atoms with Gasteiger partial charge in [0.05, 0.1) is 19.8 Å². The lowest BCUT2D eigenvalue weighted by molar-refractivity contribution is 0.411. The van der Waals surface area contributed by atoms with E-state index in [-0.39, 0.29) is 5.54 Å². The maximum atomic E-state index is 5.35. The fraction of sp³-hybridized carbons (Fsp3) is 0.175. The second-order valence-corrected chi connectivity index (χ2v) is 9.30. The highest BCUT2D eigenvalue weighted by Gasteiger charge is 2.34. The molecule has 3 aromatic rings. The van der Waals surface area contributed by atoms with Gasteiger partial charge in [0.25, 0.3) is 0 Å². The van der Waals surface area contributed by atoms with Gasteiger partial charge in [-0.05, 0) is 139 Å². The van der Waals surface area contributed by atoms with E-state index < -0.39 is 0 Å². The number of methoxy groups -OCH3 is 2. The molecule has 2 atom stereocenters. The molecular formula is C40H35NO2. The Morgan fingerprint density at radius 3 is 1.63 bits per heavy atom. The zero-order valence-electron chi connectivity index (χ0n) is 25.1. The smallest absolute Gasteiger partial charge is 0.118 e. The molecule has 212 valence electrons. The number of rotatable bonds is 4. The molecule has 43 heavy (non-hydrogen) atoms. The molecule has 2 unspecified atom stereocenters. The van der Waals surface area contributed by atoms with Gasteiger partial charge in [0.2, 0.25) is 0 Å². The highest BCUT2D eigenvalue weighted by molar-refractivity contribution is 5.56. The van der Waals surface area contributed by atoms with Crippen molar-refractivity contribution in [3.63, 3.8) is 0 Å². The van der Waals surface area contributed by atoms with Crippen molar-refractivity contribution in [1.29, 1.82) is 0 Å². The molecule has 3 aromatic carbocycles. The van der Waals surface area contributed by atoms with Crippen LogP contribution < -0.4 is 14.8 Å². The molecule has 0 spiro atoms. The first kappa shape index (κ1) is 33.3. The van der Waals surface area contributed by atoms with Crippen LogP contribution in [0.2, 0.25) is 0 Å². The lowest BCUT2D eigenvalue weighted by Crippen LogP contribution is -2.32. The number of ether oxygens (including phenoxy) is 2. The van der Waals surface area contributed by atoms with Gasteiger partial charge in [-0.15, -0.1) is 0 Å². The van der Waals surface area contributed by atoms with Crippen molar-refractivity contribution in [3.8, 4) is 11.5 Å². The molecule has 0 bridgehead atoms. The molecule has 1 N–H and O–H groups in total. The summed E-state index contributed by atoms with van der Waals surface area (Å²) < 4.78 is 10.7. The average Bonchev–Trinajstić information content (AvgIpc) is 3.20. The van der Waals surface area contributed by atoms with Gasteiger partial charge in [0.15, 0.2) is 0 Å². The van der Waals surface area contributed by atoms with E-state index in [2.05, 4.69) is 162 Å². The highest BCUT2D eigenvalue weighted by Crippen LogP contribution is 2.43. The van der Waals surface area contributed by atoms with Crippen molar-refractivity contribution in [2.75, 3.05) is 19.5 Å². The summed E-state index contributed by atoms with van der Waals surface area (Å²) in [6.45, 7) is 15.3.